The summed E-state index contributed by atoms with van der Waals surface area (Å²) in [6, 6.07) is 34.7. The highest BCUT2D eigenvalue weighted by molar-refractivity contribution is 6.34. The summed E-state index contributed by atoms with van der Waals surface area (Å²) in [5, 5.41) is 10.00. The van der Waals surface area contributed by atoms with Gasteiger partial charge in [-0.25, -0.2) is 0 Å². The van der Waals surface area contributed by atoms with Crippen LogP contribution in [0.1, 0.15) is 0 Å². The van der Waals surface area contributed by atoms with Gasteiger partial charge in [-0.05, 0) is 55.6 Å². The van der Waals surface area contributed by atoms with Crippen molar-refractivity contribution < 1.29 is 9.47 Å². The summed E-state index contributed by atoms with van der Waals surface area (Å²) in [4.78, 5) is 4.51. The summed E-state index contributed by atoms with van der Waals surface area (Å²) in [6.45, 7) is 0. The van der Waals surface area contributed by atoms with Gasteiger partial charge in [0, 0.05) is 35.2 Å². The molecule has 0 N–H and O–H groups in total. The lowest BCUT2D eigenvalue weighted by Crippen LogP contribution is -1.97. The van der Waals surface area contributed by atoms with E-state index in [9.17, 15) is 0 Å². The first-order valence-corrected chi connectivity index (χ1v) is 13.0. The molecular weight excluding hydrogens is 480 g/mol. The monoisotopic (exact) mass is 504 g/mol. The fraction of sp³-hybridized carbons (Fsp3) is 0.0571. The molecule has 0 amide bonds. The first-order chi connectivity index (χ1) is 19.2. The van der Waals surface area contributed by atoms with Crippen LogP contribution < -0.4 is 9.47 Å². The van der Waals surface area contributed by atoms with E-state index in [1.165, 1.54) is 54.2 Å². The Balaban J connectivity index is 1.54. The Kier molecular flexibility index (Phi) is 4.62. The van der Waals surface area contributed by atoms with Crippen LogP contribution in [-0.4, -0.2) is 23.8 Å². The van der Waals surface area contributed by atoms with Gasteiger partial charge in [0.2, 0.25) is 0 Å². The third-order valence-corrected chi connectivity index (χ3v) is 7.99. The standard InChI is InChI=1S/C35H24N2O2/c1-38-25-17-24(18-26(19-25)39-2)37-31-16-23-10-12-28-27(21-6-4-3-5-7-21)11-8-22-9-13-30(34(23)33(22)28)35(31)29-14-15-36-20-32(29)37/h3-20H,1-2H3. The molecule has 0 radical (unpaired) electrons. The second kappa shape index (κ2) is 8.20. The number of benzene rings is 6. The first-order valence-electron chi connectivity index (χ1n) is 13.0. The predicted molar refractivity (Wildman–Crippen MR) is 161 cm³/mol. The fourth-order valence-electron chi connectivity index (χ4n) is 6.29. The molecule has 2 aromatic heterocycles. The number of hydrogen-bond donors (Lipinski definition) is 0. The van der Waals surface area contributed by atoms with Crippen LogP contribution in [0, 0.1) is 0 Å². The van der Waals surface area contributed by atoms with Crippen molar-refractivity contribution in [3.63, 3.8) is 0 Å². The Morgan fingerprint density at radius 3 is 2.10 bits per heavy atom. The molecule has 0 aliphatic rings. The van der Waals surface area contributed by atoms with E-state index in [2.05, 4.69) is 88.4 Å². The van der Waals surface area contributed by atoms with Crippen molar-refractivity contribution >= 4 is 54.1 Å². The summed E-state index contributed by atoms with van der Waals surface area (Å²) in [7, 11) is 3.36. The van der Waals surface area contributed by atoms with E-state index in [0.29, 0.717) is 0 Å². The lowest BCUT2D eigenvalue weighted by Gasteiger charge is -2.16. The van der Waals surface area contributed by atoms with E-state index < -0.39 is 0 Å². The van der Waals surface area contributed by atoms with Gasteiger partial charge in [-0.1, -0.05) is 66.7 Å². The van der Waals surface area contributed by atoms with Gasteiger partial charge in [-0.2, -0.15) is 0 Å². The zero-order valence-corrected chi connectivity index (χ0v) is 21.6. The molecule has 0 atom stereocenters. The van der Waals surface area contributed by atoms with E-state index in [-0.39, 0.29) is 0 Å². The number of fused-ring (bicyclic) bond motifs is 4. The number of aromatic nitrogens is 2. The van der Waals surface area contributed by atoms with Gasteiger partial charge in [0.05, 0.1) is 37.1 Å². The highest BCUT2D eigenvalue weighted by atomic mass is 16.5. The van der Waals surface area contributed by atoms with Crippen LogP contribution in [0.5, 0.6) is 11.5 Å². The quantitative estimate of drug-likeness (QED) is 0.225. The smallest absolute Gasteiger partial charge is 0.124 e. The summed E-state index contributed by atoms with van der Waals surface area (Å²) >= 11 is 0. The minimum absolute atomic E-state index is 0.745. The summed E-state index contributed by atoms with van der Waals surface area (Å²) in [5.74, 6) is 1.49. The van der Waals surface area contributed by atoms with Gasteiger partial charge < -0.3 is 14.0 Å². The van der Waals surface area contributed by atoms with Crippen LogP contribution >= 0.6 is 0 Å². The molecule has 0 unspecified atom stereocenters. The Hall–Kier alpha value is -5.09. The Morgan fingerprint density at radius 1 is 0.590 bits per heavy atom. The Morgan fingerprint density at radius 2 is 1.31 bits per heavy atom. The van der Waals surface area contributed by atoms with E-state index >= 15 is 0 Å². The summed E-state index contributed by atoms with van der Waals surface area (Å²) in [6.07, 6.45) is 3.83. The Labute approximate surface area is 225 Å². The maximum absolute atomic E-state index is 5.62. The zero-order chi connectivity index (χ0) is 26.1. The van der Waals surface area contributed by atoms with Crippen molar-refractivity contribution in [2.24, 2.45) is 0 Å². The van der Waals surface area contributed by atoms with Crippen molar-refractivity contribution in [3.05, 3.63) is 109 Å². The zero-order valence-electron chi connectivity index (χ0n) is 21.6. The van der Waals surface area contributed by atoms with Crippen LogP contribution in [0.2, 0.25) is 0 Å². The average Bonchev–Trinajstić information content (AvgIpc) is 3.33. The van der Waals surface area contributed by atoms with Crippen molar-refractivity contribution in [1.29, 1.82) is 0 Å². The van der Waals surface area contributed by atoms with Gasteiger partial charge in [0.25, 0.3) is 0 Å². The Bertz CT molecular complexity index is 2170. The molecule has 2 heterocycles. The van der Waals surface area contributed by atoms with Gasteiger partial charge in [-0.3, -0.25) is 4.98 Å². The van der Waals surface area contributed by atoms with E-state index in [4.69, 9.17) is 9.47 Å². The largest absolute Gasteiger partial charge is 0.497 e. The minimum atomic E-state index is 0.745. The second-order valence-corrected chi connectivity index (χ2v) is 9.97. The summed E-state index contributed by atoms with van der Waals surface area (Å²) in [5.41, 5.74) is 5.63. The van der Waals surface area contributed by atoms with Crippen molar-refractivity contribution in [2.75, 3.05) is 14.2 Å². The van der Waals surface area contributed by atoms with Gasteiger partial charge in [-0.15, -0.1) is 0 Å². The molecule has 6 aromatic carbocycles. The van der Waals surface area contributed by atoms with E-state index in [1.54, 1.807) is 14.2 Å². The third-order valence-electron chi connectivity index (χ3n) is 7.99. The topological polar surface area (TPSA) is 36.3 Å². The maximum atomic E-state index is 5.62. The molecule has 0 spiro atoms. The second-order valence-electron chi connectivity index (χ2n) is 9.97. The molecule has 4 nitrogen and oxygen atoms in total. The van der Waals surface area contributed by atoms with Gasteiger partial charge >= 0.3 is 0 Å². The van der Waals surface area contributed by atoms with Crippen molar-refractivity contribution in [2.45, 2.75) is 0 Å². The molecule has 8 aromatic rings. The summed E-state index contributed by atoms with van der Waals surface area (Å²) < 4.78 is 13.5. The van der Waals surface area contributed by atoms with Gasteiger partial charge in [0.1, 0.15) is 11.5 Å². The first kappa shape index (κ1) is 21.9. The number of hydrogen-bond acceptors (Lipinski definition) is 3. The molecule has 39 heavy (non-hydrogen) atoms. The molecule has 0 bridgehead atoms. The SMILES string of the molecule is COc1cc(OC)cc(-n2c3cnccc3c3c4ccc5ccc(-c6ccccc6)c6ccc(cc32)c4c56)c1. The molecule has 186 valence electrons. The van der Waals surface area contributed by atoms with Crippen molar-refractivity contribution in [1.82, 2.24) is 9.55 Å². The molecular formula is C35H24N2O2. The van der Waals surface area contributed by atoms with Crippen LogP contribution in [0.25, 0.3) is 70.9 Å². The fourth-order valence-corrected chi connectivity index (χ4v) is 6.29. The molecule has 0 fully saturated rings. The molecule has 0 aliphatic heterocycles. The maximum Gasteiger partial charge on any atom is 0.124 e. The highest BCUT2D eigenvalue weighted by Gasteiger charge is 2.20. The van der Waals surface area contributed by atoms with Crippen LogP contribution in [0.4, 0.5) is 0 Å². The molecule has 0 saturated carbocycles. The van der Waals surface area contributed by atoms with Crippen molar-refractivity contribution in [3.8, 4) is 28.3 Å². The third kappa shape index (κ3) is 3.09. The average molecular weight is 505 g/mol. The normalized spacial score (nSPS) is 11.8. The van der Waals surface area contributed by atoms with Gasteiger partial charge in [0.15, 0.2) is 0 Å². The number of pyridine rings is 1. The van der Waals surface area contributed by atoms with E-state index in [0.717, 1.165) is 28.2 Å². The van der Waals surface area contributed by atoms with Crippen LogP contribution in [-0.2, 0) is 0 Å². The number of rotatable bonds is 4. The lowest BCUT2D eigenvalue weighted by atomic mass is 9.88. The predicted octanol–water partition coefficient (Wildman–Crippen LogP) is 8.76. The molecule has 8 rings (SSSR count). The lowest BCUT2D eigenvalue weighted by molar-refractivity contribution is 0.394. The molecule has 0 aliphatic carbocycles. The number of methoxy groups -OCH3 is 2. The van der Waals surface area contributed by atoms with Crippen LogP contribution in [0.15, 0.2) is 109 Å². The minimum Gasteiger partial charge on any atom is -0.497 e. The number of nitrogens with zero attached hydrogens (tertiary/aromatic N) is 2. The number of ether oxygens (including phenoxy) is 2. The molecule has 4 heteroatoms. The highest BCUT2D eigenvalue weighted by Crippen LogP contribution is 2.45. The molecule has 0 saturated heterocycles. The van der Waals surface area contributed by atoms with E-state index in [1.807, 2.05) is 30.6 Å². The van der Waals surface area contributed by atoms with Crippen LogP contribution in [0.3, 0.4) is 0 Å².